The highest BCUT2D eigenvalue weighted by atomic mass is 32.2. The van der Waals surface area contributed by atoms with Crippen LogP contribution in [0.5, 0.6) is 0 Å². The molecule has 0 saturated heterocycles. The van der Waals surface area contributed by atoms with Crippen LogP contribution in [0.2, 0.25) is 0 Å². The van der Waals surface area contributed by atoms with Gasteiger partial charge in [0.05, 0.1) is 6.20 Å². The van der Waals surface area contributed by atoms with E-state index in [4.69, 9.17) is 0 Å². The lowest BCUT2D eigenvalue weighted by Gasteiger charge is -2.07. The van der Waals surface area contributed by atoms with Gasteiger partial charge in [-0.05, 0) is 19.1 Å². The third kappa shape index (κ3) is 3.21. The molecular weight excluding hydrogens is 320 g/mol. The number of nitrogens with zero attached hydrogens (tertiary/aromatic N) is 5. The summed E-state index contributed by atoms with van der Waals surface area (Å²) >= 11 is 1.23. The number of halogens is 2. The van der Waals surface area contributed by atoms with E-state index in [1.165, 1.54) is 30.0 Å². The molecule has 0 aliphatic rings. The molecule has 23 heavy (non-hydrogen) atoms. The van der Waals surface area contributed by atoms with E-state index in [2.05, 4.69) is 20.2 Å². The average molecular weight is 333 g/mol. The first-order valence-corrected chi connectivity index (χ1v) is 7.94. The molecule has 0 spiro atoms. The summed E-state index contributed by atoms with van der Waals surface area (Å²) < 4.78 is 29.2. The molecule has 0 aliphatic carbocycles. The van der Waals surface area contributed by atoms with Gasteiger partial charge < -0.3 is 4.57 Å². The van der Waals surface area contributed by atoms with Crippen molar-refractivity contribution in [1.29, 1.82) is 0 Å². The van der Waals surface area contributed by atoms with Crippen molar-refractivity contribution in [3.8, 4) is 11.5 Å². The Bertz CT molecular complexity index is 787. The van der Waals surface area contributed by atoms with Crippen LogP contribution in [-0.2, 0) is 12.3 Å². The van der Waals surface area contributed by atoms with Gasteiger partial charge in [-0.1, -0.05) is 17.8 Å². The Labute approximate surface area is 135 Å². The van der Waals surface area contributed by atoms with Gasteiger partial charge in [0.2, 0.25) is 0 Å². The van der Waals surface area contributed by atoms with E-state index in [-0.39, 0.29) is 11.3 Å². The summed E-state index contributed by atoms with van der Waals surface area (Å²) in [4.78, 5) is 8.22. The van der Waals surface area contributed by atoms with Crippen molar-refractivity contribution in [2.24, 2.45) is 0 Å². The summed E-state index contributed by atoms with van der Waals surface area (Å²) in [6.45, 7) is 2.55. The molecule has 0 unspecified atom stereocenters. The van der Waals surface area contributed by atoms with Crippen LogP contribution in [-0.4, -0.2) is 24.7 Å². The van der Waals surface area contributed by atoms with Crippen molar-refractivity contribution in [2.75, 3.05) is 0 Å². The zero-order valence-corrected chi connectivity index (χ0v) is 13.1. The van der Waals surface area contributed by atoms with Crippen LogP contribution >= 0.6 is 11.8 Å². The molecule has 0 atom stereocenters. The van der Waals surface area contributed by atoms with Crippen molar-refractivity contribution in [2.45, 2.75) is 24.4 Å². The highest BCUT2D eigenvalue weighted by Gasteiger charge is 2.16. The normalized spacial score (nSPS) is 10.9. The lowest BCUT2D eigenvalue weighted by Crippen LogP contribution is -2.01. The lowest BCUT2D eigenvalue weighted by atomic mass is 10.2. The topological polar surface area (TPSA) is 56.5 Å². The molecule has 0 N–H and O–H groups in total. The van der Waals surface area contributed by atoms with Crippen molar-refractivity contribution in [1.82, 2.24) is 24.7 Å². The van der Waals surface area contributed by atoms with Gasteiger partial charge >= 0.3 is 0 Å². The fourth-order valence-corrected chi connectivity index (χ4v) is 3.11. The predicted molar refractivity (Wildman–Crippen MR) is 82.6 cm³/mol. The molecule has 2 aromatic heterocycles. The molecule has 0 aliphatic heterocycles. The molecule has 0 radical (unpaired) electrons. The number of hydrogen-bond donors (Lipinski definition) is 0. The summed E-state index contributed by atoms with van der Waals surface area (Å²) in [6, 6.07) is 3.84. The number of hydrogen-bond acceptors (Lipinski definition) is 5. The van der Waals surface area contributed by atoms with E-state index in [9.17, 15) is 8.78 Å². The van der Waals surface area contributed by atoms with Gasteiger partial charge in [-0.15, -0.1) is 10.2 Å². The number of aromatic nitrogens is 5. The quantitative estimate of drug-likeness (QED) is 0.670. The number of benzene rings is 1. The van der Waals surface area contributed by atoms with Crippen molar-refractivity contribution < 1.29 is 8.78 Å². The summed E-state index contributed by atoms with van der Waals surface area (Å²) in [5.41, 5.74) is 0.634. The Kier molecular flexibility index (Phi) is 4.61. The Morgan fingerprint density at radius 3 is 2.57 bits per heavy atom. The Morgan fingerprint density at radius 2 is 1.91 bits per heavy atom. The Morgan fingerprint density at radius 1 is 1.13 bits per heavy atom. The second-order valence-corrected chi connectivity index (χ2v) is 5.57. The van der Waals surface area contributed by atoms with Gasteiger partial charge in [-0.25, -0.2) is 13.8 Å². The third-order valence-electron chi connectivity index (χ3n) is 3.23. The van der Waals surface area contributed by atoms with Crippen molar-refractivity contribution in [3.63, 3.8) is 0 Å². The first-order valence-electron chi connectivity index (χ1n) is 6.96. The molecule has 8 heteroatoms. The van der Waals surface area contributed by atoms with Crippen LogP contribution in [0, 0.1) is 11.6 Å². The molecule has 0 fully saturated rings. The molecule has 3 rings (SSSR count). The fourth-order valence-electron chi connectivity index (χ4n) is 2.09. The molecule has 118 valence electrons. The number of rotatable bonds is 5. The van der Waals surface area contributed by atoms with Gasteiger partial charge in [0, 0.05) is 30.3 Å². The smallest absolute Gasteiger partial charge is 0.191 e. The average Bonchev–Trinajstić information content (AvgIpc) is 2.98. The predicted octanol–water partition coefficient (Wildman–Crippen LogP) is 3.33. The van der Waals surface area contributed by atoms with Crippen LogP contribution < -0.4 is 0 Å². The van der Waals surface area contributed by atoms with Crippen LogP contribution in [0.4, 0.5) is 8.78 Å². The third-order valence-corrected chi connectivity index (χ3v) is 4.23. The fraction of sp³-hybridized carbons (Fsp3) is 0.200. The molecule has 1 aromatic carbocycles. The van der Waals surface area contributed by atoms with Crippen molar-refractivity contribution in [3.05, 3.63) is 54.0 Å². The van der Waals surface area contributed by atoms with Gasteiger partial charge in [0.1, 0.15) is 17.3 Å². The minimum atomic E-state index is -0.561. The second kappa shape index (κ2) is 6.82. The monoisotopic (exact) mass is 333 g/mol. The molecule has 0 amide bonds. The maximum Gasteiger partial charge on any atom is 0.191 e. The molecule has 3 aromatic rings. The van der Waals surface area contributed by atoms with E-state index in [1.807, 2.05) is 11.5 Å². The second-order valence-electron chi connectivity index (χ2n) is 4.63. The van der Waals surface area contributed by atoms with E-state index in [1.54, 1.807) is 18.6 Å². The van der Waals surface area contributed by atoms with E-state index in [0.717, 1.165) is 0 Å². The summed E-state index contributed by atoms with van der Waals surface area (Å²) in [6.07, 6.45) is 4.75. The highest BCUT2D eigenvalue weighted by molar-refractivity contribution is 7.98. The zero-order chi connectivity index (χ0) is 16.2. The van der Waals surface area contributed by atoms with Crippen molar-refractivity contribution >= 4 is 11.8 Å². The highest BCUT2D eigenvalue weighted by Crippen LogP contribution is 2.27. The van der Waals surface area contributed by atoms with Crippen LogP contribution in [0.15, 0.2) is 41.9 Å². The van der Waals surface area contributed by atoms with Crippen LogP contribution in [0.1, 0.15) is 12.5 Å². The van der Waals surface area contributed by atoms with E-state index < -0.39 is 11.6 Å². The Hall–Kier alpha value is -2.35. The zero-order valence-electron chi connectivity index (χ0n) is 12.3. The first-order chi connectivity index (χ1) is 11.2. The van der Waals surface area contributed by atoms with Gasteiger partial charge in [-0.2, -0.15) is 0 Å². The lowest BCUT2D eigenvalue weighted by molar-refractivity contribution is 0.566. The van der Waals surface area contributed by atoms with Crippen LogP contribution in [0.3, 0.4) is 0 Å². The summed E-state index contributed by atoms with van der Waals surface area (Å²) in [7, 11) is 0. The summed E-state index contributed by atoms with van der Waals surface area (Å²) in [5, 5.41) is 8.80. The molecule has 5 nitrogen and oxygen atoms in total. The SMILES string of the molecule is CCn1c(SCc2c(F)cccc2F)nnc1-c1cnccn1. The summed E-state index contributed by atoms with van der Waals surface area (Å²) in [5.74, 6) is -0.405. The van der Waals surface area contributed by atoms with Gasteiger partial charge in [-0.3, -0.25) is 4.98 Å². The molecular formula is C15H13F2N5S. The molecule has 0 bridgehead atoms. The standard InChI is InChI=1S/C15H13F2N5S/c1-2-22-14(13-8-18-6-7-19-13)20-21-15(22)23-9-10-11(16)4-3-5-12(10)17/h3-8H,2,9H2,1H3. The van der Waals surface area contributed by atoms with Crippen LogP contribution in [0.25, 0.3) is 11.5 Å². The Balaban J connectivity index is 1.86. The number of thioether (sulfide) groups is 1. The minimum absolute atomic E-state index is 0.0317. The minimum Gasteiger partial charge on any atom is -0.301 e. The van der Waals surface area contributed by atoms with E-state index in [0.29, 0.717) is 23.2 Å². The molecule has 2 heterocycles. The van der Waals surface area contributed by atoms with Gasteiger partial charge in [0.25, 0.3) is 0 Å². The largest absolute Gasteiger partial charge is 0.301 e. The first kappa shape index (κ1) is 15.5. The maximum absolute atomic E-state index is 13.7. The van der Waals surface area contributed by atoms with E-state index >= 15 is 0 Å². The molecule has 0 saturated carbocycles. The van der Waals surface area contributed by atoms with Gasteiger partial charge in [0.15, 0.2) is 11.0 Å². The maximum atomic E-state index is 13.7.